The molecule has 1 N–H and O–H groups in total. The fraction of sp³-hybridized carbons (Fsp3) is 0.667. The van der Waals surface area contributed by atoms with Gasteiger partial charge in [0.15, 0.2) is 5.96 Å². The van der Waals surface area contributed by atoms with Gasteiger partial charge in [0.1, 0.15) is 0 Å². The molecule has 1 saturated carbocycles. The van der Waals surface area contributed by atoms with Crippen LogP contribution in [0.25, 0.3) is 0 Å². The number of aliphatic imine (C=N–C) groups is 1. The number of nitrogens with zero attached hydrogens (tertiary/aromatic N) is 3. The quantitative estimate of drug-likeness (QED) is 0.681. The van der Waals surface area contributed by atoms with Gasteiger partial charge in [-0.05, 0) is 31.9 Å². The van der Waals surface area contributed by atoms with Gasteiger partial charge in [0.25, 0.3) is 0 Å². The summed E-state index contributed by atoms with van der Waals surface area (Å²) in [6.45, 7) is 5.95. The van der Waals surface area contributed by atoms with Crippen LogP contribution in [0.15, 0.2) is 29.4 Å². The second-order valence-corrected chi connectivity index (χ2v) is 8.07. The number of nitrogens with one attached hydrogen (secondary N) is 1. The van der Waals surface area contributed by atoms with Crippen LogP contribution in [0.3, 0.4) is 0 Å². The lowest BCUT2D eigenvalue weighted by atomic mass is 9.87. The normalized spacial score (nSPS) is 21.4. The molecule has 0 unspecified atom stereocenters. The van der Waals surface area contributed by atoms with Crippen LogP contribution >= 0.6 is 11.8 Å². The van der Waals surface area contributed by atoms with Crippen molar-refractivity contribution < 1.29 is 0 Å². The van der Waals surface area contributed by atoms with Crippen molar-refractivity contribution in [3.8, 4) is 0 Å². The molecule has 2 fully saturated rings. The van der Waals surface area contributed by atoms with Crippen LogP contribution in [0, 0.1) is 0 Å². The molecule has 0 radical (unpaired) electrons. The van der Waals surface area contributed by atoms with E-state index in [0.29, 0.717) is 11.3 Å². The lowest BCUT2D eigenvalue weighted by Crippen LogP contribution is -2.53. The first-order chi connectivity index (χ1) is 11.3. The zero-order valence-electron chi connectivity index (χ0n) is 14.1. The van der Waals surface area contributed by atoms with Gasteiger partial charge >= 0.3 is 0 Å². The SMILES string of the molecule is CCNC(=NCc1ccccn1)N1CCSC2(CCCCC2)C1. The third-order valence-corrected chi connectivity index (χ3v) is 6.30. The number of rotatable bonds is 3. The lowest BCUT2D eigenvalue weighted by molar-refractivity contribution is 0.293. The molecule has 0 atom stereocenters. The second kappa shape index (κ2) is 8.04. The molecule has 0 aromatic carbocycles. The number of guanidine groups is 1. The Morgan fingerprint density at radius 1 is 1.35 bits per heavy atom. The van der Waals surface area contributed by atoms with Gasteiger partial charge < -0.3 is 10.2 Å². The highest BCUT2D eigenvalue weighted by molar-refractivity contribution is 8.00. The summed E-state index contributed by atoms with van der Waals surface area (Å²) in [6.07, 6.45) is 8.77. The van der Waals surface area contributed by atoms with Crippen molar-refractivity contribution in [3.05, 3.63) is 30.1 Å². The minimum Gasteiger partial charge on any atom is -0.357 e. The van der Waals surface area contributed by atoms with E-state index >= 15 is 0 Å². The van der Waals surface area contributed by atoms with E-state index in [9.17, 15) is 0 Å². The summed E-state index contributed by atoms with van der Waals surface area (Å²) in [6, 6.07) is 6.02. The summed E-state index contributed by atoms with van der Waals surface area (Å²) in [7, 11) is 0. The molecule has 2 aliphatic rings. The smallest absolute Gasteiger partial charge is 0.194 e. The Morgan fingerprint density at radius 3 is 2.96 bits per heavy atom. The van der Waals surface area contributed by atoms with E-state index in [1.165, 1.54) is 37.9 Å². The molecule has 2 heterocycles. The van der Waals surface area contributed by atoms with Crippen LogP contribution in [0.2, 0.25) is 0 Å². The largest absolute Gasteiger partial charge is 0.357 e. The van der Waals surface area contributed by atoms with Crippen LogP contribution in [0.5, 0.6) is 0 Å². The highest BCUT2D eigenvalue weighted by Crippen LogP contribution is 2.42. The third kappa shape index (κ3) is 4.40. The minimum absolute atomic E-state index is 0.470. The Labute approximate surface area is 144 Å². The average Bonchev–Trinajstić information content (AvgIpc) is 2.60. The topological polar surface area (TPSA) is 40.5 Å². The van der Waals surface area contributed by atoms with Gasteiger partial charge in [-0.15, -0.1) is 0 Å². The molecule has 5 heteroatoms. The summed E-state index contributed by atoms with van der Waals surface area (Å²) in [5.74, 6) is 2.27. The highest BCUT2D eigenvalue weighted by atomic mass is 32.2. The van der Waals surface area contributed by atoms with Crippen LogP contribution in [-0.4, -0.2) is 46.0 Å². The van der Waals surface area contributed by atoms with Crippen LogP contribution < -0.4 is 5.32 Å². The van der Waals surface area contributed by atoms with E-state index in [-0.39, 0.29) is 0 Å². The maximum atomic E-state index is 4.85. The van der Waals surface area contributed by atoms with Gasteiger partial charge in [-0.25, -0.2) is 4.99 Å². The van der Waals surface area contributed by atoms with Crippen molar-refractivity contribution in [2.45, 2.75) is 50.3 Å². The molecule has 1 aliphatic heterocycles. The Kier molecular flexibility index (Phi) is 5.81. The molecule has 1 spiro atoms. The lowest BCUT2D eigenvalue weighted by Gasteiger charge is -2.45. The Hall–Kier alpha value is -1.23. The molecule has 1 saturated heterocycles. The predicted molar refractivity (Wildman–Crippen MR) is 98.9 cm³/mol. The van der Waals surface area contributed by atoms with Gasteiger partial charge in [-0.3, -0.25) is 4.98 Å². The summed E-state index contributed by atoms with van der Waals surface area (Å²) < 4.78 is 0.470. The van der Waals surface area contributed by atoms with Gasteiger partial charge in [0, 0.05) is 36.3 Å². The maximum absolute atomic E-state index is 4.85. The number of hydrogen-bond acceptors (Lipinski definition) is 3. The van der Waals surface area contributed by atoms with Crippen molar-refractivity contribution in [3.63, 3.8) is 0 Å². The fourth-order valence-electron chi connectivity index (χ4n) is 3.60. The van der Waals surface area contributed by atoms with Crippen molar-refractivity contribution in [2.24, 2.45) is 4.99 Å². The van der Waals surface area contributed by atoms with Crippen LogP contribution in [-0.2, 0) is 6.54 Å². The average molecular weight is 333 g/mol. The monoisotopic (exact) mass is 332 g/mol. The maximum Gasteiger partial charge on any atom is 0.194 e. The summed E-state index contributed by atoms with van der Waals surface area (Å²) in [5, 5.41) is 3.48. The predicted octanol–water partition coefficient (Wildman–Crippen LogP) is 3.30. The molecule has 126 valence electrons. The fourth-order valence-corrected chi connectivity index (χ4v) is 5.17. The molecule has 3 rings (SSSR count). The Morgan fingerprint density at radius 2 is 2.22 bits per heavy atom. The zero-order chi connectivity index (χ0) is 16.0. The highest BCUT2D eigenvalue weighted by Gasteiger charge is 2.38. The standard InChI is InChI=1S/C18H28N4S/c1-2-19-17(21-14-16-8-4-7-11-20-16)22-12-13-23-18(15-22)9-5-3-6-10-18/h4,7-8,11H,2-3,5-6,9-10,12-15H2,1H3,(H,19,21). The zero-order valence-corrected chi connectivity index (χ0v) is 14.9. The van der Waals surface area contributed by atoms with Crippen molar-refractivity contribution in [1.29, 1.82) is 0 Å². The van der Waals surface area contributed by atoms with Gasteiger partial charge in [-0.2, -0.15) is 11.8 Å². The van der Waals surface area contributed by atoms with E-state index in [4.69, 9.17) is 4.99 Å². The molecule has 4 nitrogen and oxygen atoms in total. The first-order valence-corrected chi connectivity index (χ1v) is 9.87. The Balaban J connectivity index is 1.69. The minimum atomic E-state index is 0.470. The molecular weight excluding hydrogens is 304 g/mol. The summed E-state index contributed by atoms with van der Waals surface area (Å²) in [5.41, 5.74) is 1.03. The third-order valence-electron chi connectivity index (χ3n) is 4.76. The number of hydrogen-bond donors (Lipinski definition) is 1. The van der Waals surface area contributed by atoms with Crippen molar-refractivity contribution in [2.75, 3.05) is 25.4 Å². The van der Waals surface area contributed by atoms with E-state index in [1.807, 2.05) is 24.4 Å². The molecule has 23 heavy (non-hydrogen) atoms. The van der Waals surface area contributed by atoms with E-state index in [0.717, 1.165) is 31.3 Å². The van der Waals surface area contributed by atoms with Gasteiger partial charge in [0.2, 0.25) is 0 Å². The van der Waals surface area contributed by atoms with E-state index < -0.39 is 0 Å². The first-order valence-electron chi connectivity index (χ1n) is 8.88. The molecular formula is C18H28N4S. The second-order valence-electron chi connectivity index (χ2n) is 6.50. The molecule has 0 bridgehead atoms. The first kappa shape index (κ1) is 16.6. The number of pyridine rings is 1. The van der Waals surface area contributed by atoms with Gasteiger partial charge in [-0.1, -0.05) is 25.3 Å². The molecule has 0 amide bonds. The summed E-state index contributed by atoms with van der Waals surface area (Å²) >= 11 is 2.20. The van der Waals surface area contributed by atoms with Gasteiger partial charge in [0.05, 0.1) is 12.2 Å². The van der Waals surface area contributed by atoms with E-state index in [2.05, 4.69) is 33.9 Å². The van der Waals surface area contributed by atoms with Crippen molar-refractivity contribution >= 4 is 17.7 Å². The number of aromatic nitrogens is 1. The van der Waals surface area contributed by atoms with Crippen LogP contribution in [0.1, 0.15) is 44.7 Å². The molecule has 1 aliphatic carbocycles. The Bertz CT molecular complexity index is 506. The summed E-state index contributed by atoms with van der Waals surface area (Å²) in [4.78, 5) is 11.7. The number of thioether (sulfide) groups is 1. The van der Waals surface area contributed by atoms with Crippen molar-refractivity contribution in [1.82, 2.24) is 15.2 Å². The molecule has 1 aromatic heterocycles. The van der Waals surface area contributed by atoms with E-state index in [1.54, 1.807) is 0 Å². The van der Waals surface area contributed by atoms with Crippen LogP contribution in [0.4, 0.5) is 0 Å². The molecule has 1 aromatic rings.